The van der Waals surface area contributed by atoms with E-state index in [-0.39, 0.29) is 5.02 Å². The van der Waals surface area contributed by atoms with Crippen molar-refractivity contribution >= 4 is 11.6 Å². The molecule has 0 radical (unpaired) electrons. The third-order valence-electron chi connectivity index (χ3n) is 3.40. The molecule has 1 saturated heterocycles. The van der Waals surface area contributed by atoms with Gasteiger partial charge in [-0.15, -0.1) is 0 Å². The van der Waals surface area contributed by atoms with Crippen molar-refractivity contribution in [3.05, 3.63) is 34.6 Å². The maximum atomic E-state index is 13.4. The van der Waals surface area contributed by atoms with Gasteiger partial charge in [0.25, 0.3) is 0 Å². The second-order valence-electron chi connectivity index (χ2n) is 5.03. The summed E-state index contributed by atoms with van der Waals surface area (Å²) in [5, 5.41) is 0.122. The van der Waals surface area contributed by atoms with Crippen molar-refractivity contribution in [1.29, 1.82) is 0 Å². The van der Waals surface area contributed by atoms with Gasteiger partial charge in [0.1, 0.15) is 5.82 Å². The van der Waals surface area contributed by atoms with Gasteiger partial charge in [-0.2, -0.15) is 0 Å². The summed E-state index contributed by atoms with van der Waals surface area (Å²) in [6.07, 6.45) is 4.36. The summed E-state index contributed by atoms with van der Waals surface area (Å²) in [7, 11) is 0. The Morgan fingerprint density at radius 3 is 2.63 bits per heavy atom. The quantitative estimate of drug-likeness (QED) is 0.729. The lowest BCUT2D eigenvalue weighted by Crippen LogP contribution is -2.27. The molecule has 1 aliphatic heterocycles. The van der Waals surface area contributed by atoms with E-state index in [2.05, 4.69) is 6.92 Å². The minimum atomic E-state index is -0.464. The molecule has 0 aromatic heterocycles. The zero-order chi connectivity index (χ0) is 13.7. The molecular weight excluding hydrogens is 267 g/mol. The van der Waals surface area contributed by atoms with Gasteiger partial charge in [0.2, 0.25) is 0 Å². The van der Waals surface area contributed by atoms with E-state index in [1.165, 1.54) is 31.4 Å². The van der Waals surface area contributed by atoms with Crippen LogP contribution in [0.3, 0.4) is 0 Å². The molecule has 4 heteroatoms. The lowest BCUT2D eigenvalue weighted by molar-refractivity contribution is -0.206. The first-order valence-electron chi connectivity index (χ1n) is 6.89. The van der Waals surface area contributed by atoms with Crippen molar-refractivity contribution in [3.63, 3.8) is 0 Å². The summed E-state index contributed by atoms with van der Waals surface area (Å²) in [4.78, 5) is 0. The lowest BCUT2D eigenvalue weighted by Gasteiger charge is -2.29. The summed E-state index contributed by atoms with van der Waals surface area (Å²) in [5.41, 5.74) is 0.689. The molecule has 0 bridgehead atoms. The van der Waals surface area contributed by atoms with Gasteiger partial charge in [0.15, 0.2) is 6.29 Å². The first-order valence-corrected chi connectivity index (χ1v) is 7.26. The predicted octanol–water partition coefficient (Wildman–Crippen LogP) is 4.72. The Bertz CT molecular complexity index is 403. The molecule has 1 aromatic carbocycles. The molecule has 1 aromatic rings. The maximum absolute atomic E-state index is 13.4. The number of benzene rings is 1. The van der Waals surface area contributed by atoms with Crippen molar-refractivity contribution in [2.45, 2.75) is 38.9 Å². The SMILES string of the molecule is CCCCCC1COC(c2ccc(Cl)c(F)c2)OC1. The number of ether oxygens (including phenoxy) is 2. The van der Waals surface area contributed by atoms with Gasteiger partial charge in [-0.1, -0.05) is 43.9 Å². The highest BCUT2D eigenvalue weighted by Crippen LogP contribution is 2.29. The van der Waals surface area contributed by atoms with E-state index in [4.69, 9.17) is 21.1 Å². The van der Waals surface area contributed by atoms with Crippen molar-refractivity contribution in [1.82, 2.24) is 0 Å². The third-order valence-corrected chi connectivity index (χ3v) is 3.70. The average Bonchev–Trinajstić information content (AvgIpc) is 2.43. The summed E-state index contributed by atoms with van der Waals surface area (Å²) < 4.78 is 24.7. The lowest BCUT2D eigenvalue weighted by atomic mass is 10.0. The number of hydrogen-bond acceptors (Lipinski definition) is 2. The molecule has 0 unspecified atom stereocenters. The Hall–Kier alpha value is -0.640. The molecule has 0 saturated carbocycles. The summed E-state index contributed by atoms with van der Waals surface area (Å²) in [5.74, 6) is 0.0244. The molecule has 0 aliphatic carbocycles. The van der Waals surface area contributed by atoms with E-state index in [1.807, 2.05) is 0 Å². The highest BCUT2D eigenvalue weighted by atomic mass is 35.5. The zero-order valence-corrected chi connectivity index (χ0v) is 12.0. The van der Waals surface area contributed by atoms with E-state index < -0.39 is 12.1 Å². The molecule has 0 amide bonds. The van der Waals surface area contributed by atoms with Crippen molar-refractivity contribution in [2.24, 2.45) is 5.92 Å². The van der Waals surface area contributed by atoms with Gasteiger partial charge in [0.05, 0.1) is 18.2 Å². The van der Waals surface area contributed by atoms with Crippen LogP contribution in [0.5, 0.6) is 0 Å². The number of hydrogen-bond donors (Lipinski definition) is 0. The summed E-state index contributed by atoms with van der Waals surface area (Å²) in [6.45, 7) is 3.55. The molecule has 0 atom stereocenters. The van der Waals surface area contributed by atoms with E-state index in [0.29, 0.717) is 24.7 Å². The highest BCUT2D eigenvalue weighted by Gasteiger charge is 2.23. The predicted molar refractivity (Wildman–Crippen MR) is 73.7 cm³/mol. The fourth-order valence-corrected chi connectivity index (χ4v) is 2.36. The Morgan fingerprint density at radius 1 is 1.26 bits per heavy atom. The van der Waals surface area contributed by atoms with Crippen LogP contribution in [0.25, 0.3) is 0 Å². The molecule has 0 N–H and O–H groups in total. The van der Waals surface area contributed by atoms with Gasteiger partial charge in [-0.3, -0.25) is 0 Å². The van der Waals surface area contributed by atoms with Crippen molar-refractivity contribution in [2.75, 3.05) is 13.2 Å². The normalized spacial score (nSPS) is 23.5. The Kier molecular flexibility index (Phi) is 5.61. The van der Waals surface area contributed by atoms with Gasteiger partial charge in [0, 0.05) is 11.5 Å². The van der Waals surface area contributed by atoms with E-state index in [1.54, 1.807) is 6.07 Å². The topological polar surface area (TPSA) is 18.5 Å². The van der Waals surface area contributed by atoms with Crippen LogP contribution in [0.15, 0.2) is 18.2 Å². The van der Waals surface area contributed by atoms with Crippen molar-refractivity contribution < 1.29 is 13.9 Å². The molecule has 19 heavy (non-hydrogen) atoms. The standard InChI is InChI=1S/C15H20ClFO2/c1-2-3-4-5-11-9-18-15(19-10-11)12-6-7-13(16)14(17)8-12/h6-8,11,15H,2-5,9-10H2,1H3. The van der Waals surface area contributed by atoms with Gasteiger partial charge < -0.3 is 9.47 Å². The molecule has 1 heterocycles. The highest BCUT2D eigenvalue weighted by molar-refractivity contribution is 6.30. The number of unbranched alkanes of at least 4 members (excludes halogenated alkanes) is 2. The minimum Gasteiger partial charge on any atom is -0.348 e. The van der Waals surface area contributed by atoms with Crippen LogP contribution in [0.1, 0.15) is 44.5 Å². The molecule has 106 valence electrons. The van der Waals surface area contributed by atoms with Gasteiger partial charge in [-0.25, -0.2) is 4.39 Å². The van der Waals surface area contributed by atoms with E-state index in [0.717, 1.165) is 6.42 Å². The number of rotatable bonds is 5. The van der Waals surface area contributed by atoms with Crippen LogP contribution >= 0.6 is 11.6 Å². The molecular formula is C15H20ClFO2. The van der Waals surface area contributed by atoms with E-state index >= 15 is 0 Å². The van der Waals surface area contributed by atoms with Crippen LogP contribution in [0.2, 0.25) is 5.02 Å². The second-order valence-corrected chi connectivity index (χ2v) is 5.44. The Labute approximate surface area is 118 Å². The second kappa shape index (κ2) is 7.22. The third kappa shape index (κ3) is 4.16. The largest absolute Gasteiger partial charge is 0.348 e. The molecule has 1 fully saturated rings. The molecule has 2 nitrogen and oxygen atoms in total. The van der Waals surface area contributed by atoms with Crippen LogP contribution in [0.4, 0.5) is 4.39 Å². The number of halogens is 2. The van der Waals surface area contributed by atoms with Crippen molar-refractivity contribution in [3.8, 4) is 0 Å². The van der Waals surface area contributed by atoms with Crippen LogP contribution in [-0.4, -0.2) is 13.2 Å². The van der Waals surface area contributed by atoms with Crippen LogP contribution < -0.4 is 0 Å². The summed E-state index contributed by atoms with van der Waals surface area (Å²) >= 11 is 5.66. The molecule has 1 aliphatic rings. The Balaban J connectivity index is 1.84. The first-order chi connectivity index (χ1) is 9.20. The Morgan fingerprint density at radius 2 is 2.00 bits per heavy atom. The zero-order valence-electron chi connectivity index (χ0n) is 11.2. The fourth-order valence-electron chi connectivity index (χ4n) is 2.24. The summed E-state index contributed by atoms with van der Waals surface area (Å²) in [6, 6.07) is 4.66. The first kappa shape index (κ1) is 14.8. The minimum absolute atomic E-state index is 0.122. The average molecular weight is 287 g/mol. The maximum Gasteiger partial charge on any atom is 0.183 e. The van der Waals surface area contributed by atoms with Gasteiger partial charge >= 0.3 is 0 Å². The van der Waals surface area contributed by atoms with E-state index in [9.17, 15) is 4.39 Å². The fraction of sp³-hybridized carbons (Fsp3) is 0.600. The van der Waals surface area contributed by atoms with Crippen LogP contribution in [0, 0.1) is 11.7 Å². The monoisotopic (exact) mass is 286 g/mol. The van der Waals surface area contributed by atoms with Crippen LogP contribution in [-0.2, 0) is 9.47 Å². The molecule has 2 rings (SSSR count). The molecule has 0 spiro atoms. The smallest absolute Gasteiger partial charge is 0.183 e. The van der Waals surface area contributed by atoms with Gasteiger partial charge in [-0.05, 0) is 18.6 Å².